The second-order valence-corrected chi connectivity index (χ2v) is 6.46. The van der Waals surface area contributed by atoms with Gasteiger partial charge in [0.05, 0.1) is 16.8 Å². The monoisotopic (exact) mass is 392 g/mol. The average Bonchev–Trinajstić information content (AvgIpc) is 3.29. The lowest BCUT2D eigenvalue weighted by molar-refractivity contribution is 0.334. The fourth-order valence-electron chi connectivity index (χ4n) is 2.41. The van der Waals surface area contributed by atoms with Gasteiger partial charge in [-0.2, -0.15) is 0 Å². The van der Waals surface area contributed by atoms with Crippen LogP contribution < -0.4 is 15.4 Å². The highest BCUT2D eigenvalue weighted by atomic mass is 79.9. The zero-order valence-corrected chi connectivity index (χ0v) is 15.0. The van der Waals surface area contributed by atoms with Crippen molar-refractivity contribution in [2.45, 2.75) is 25.3 Å². The van der Waals surface area contributed by atoms with Crippen LogP contribution >= 0.6 is 28.1 Å². The Balaban J connectivity index is 1.59. The summed E-state index contributed by atoms with van der Waals surface area (Å²) in [5, 5.41) is 6.98. The van der Waals surface area contributed by atoms with Crippen LogP contribution in [0.5, 0.6) is 5.75 Å². The molecule has 0 spiro atoms. The number of nitrogens with zero attached hydrogens (tertiary/aromatic N) is 2. The van der Waals surface area contributed by atoms with E-state index in [4.69, 9.17) is 17.0 Å². The van der Waals surface area contributed by atoms with E-state index in [-0.39, 0.29) is 6.04 Å². The van der Waals surface area contributed by atoms with Crippen molar-refractivity contribution in [1.29, 1.82) is 0 Å². The zero-order chi connectivity index (χ0) is 16.2. The lowest BCUT2D eigenvalue weighted by atomic mass is 10.2. The molecule has 120 valence electrons. The highest BCUT2D eigenvalue weighted by Crippen LogP contribution is 2.43. The molecule has 0 aromatic carbocycles. The minimum Gasteiger partial charge on any atom is -0.492 e. The maximum atomic E-state index is 5.65. The Morgan fingerprint density at radius 3 is 2.91 bits per heavy atom. The predicted molar refractivity (Wildman–Crippen MR) is 97.8 cm³/mol. The number of ether oxygens (including phenoxy) is 1. The standard InChI is InChI=1S/C16H17BrN4OS/c1-2-22-13-6-4-7-18-14(13)10-9-12(10)20-16(23)21-15-11(17)5-3-8-19-15/h3-8,10,12H,2,9H2,1H3,(H2,19,20,21,23). The van der Waals surface area contributed by atoms with Crippen molar-refractivity contribution < 1.29 is 4.74 Å². The number of nitrogens with one attached hydrogen (secondary N) is 2. The van der Waals surface area contributed by atoms with Gasteiger partial charge >= 0.3 is 0 Å². The van der Waals surface area contributed by atoms with E-state index in [1.165, 1.54) is 0 Å². The van der Waals surface area contributed by atoms with Crippen molar-refractivity contribution >= 4 is 39.1 Å². The summed E-state index contributed by atoms with van der Waals surface area (Å²) < 4.78 is 6.52. The minimum atomic E-state index is 0.270. The van der Waals surface area contributed by atoms with Crippen molar-refractivity contribution in [3.05, 3.63) is 46.8 Å². The van der Waals surface area contributed by atoms with Crippen LogP contribution in [0, 0.1) is 0 Å². The van der Waals surface area contributed by atoms with Crippen LogP contribution in [0.4, 0.5) is 5.82 Å². The number of hydrogen-bond donors (Lipinski definition) is 2. The molecule has 0 saturated heterocycles. The Hall–Kier alpha value is -1.73. The molecule has 2 aromatic rings. The van der Waals surface area contributed by atoms with Gasteiger partial charge in [0.1, 0.15) is 11.6 Å². The molecule has 1 saturated carbocycles. The molecular formula is C16H17BrN4OS. The normalized spacial score (nSPS) is 19.0. The second-order valence-electron chi connectivity index (χ2n) is 5.20. The molecule has 1 fully saturated rings. The van der Waals surface area contributed by atoms with Crippen LogP contribution in [0.1, 0.15) is 25.0 Å². The molecule has 2 N–H and O–H groups in total. The van der Waals surface area contributed by atoms with Gasteiger partial charge in [-0.1, -0.05) is 0 Å². The first-order chi connectivity index (χ1) is 11.2. The number of aromatic nitrogens is 2. The van der Waals surface area contributed by atoms with Crippen LogP contribution in [0.25, 0.3) is 0 Å². The molecule has 2 unspecified atom stereocenters. The van der Waals surface area contributed by atoms with E-state index in [0.29, 0.717) is 23.5 Å². The molecule has 2 atom stereocenters. The first kappa shape index (κ1) is 16.1. The molecular weight excluding hydrogens is 376 g/mol. The first-order valence-corrected chi connectivity index (χ1v) is 8.65. The second kappa shape index (κ2) is 7.23. The Kier molecular flexibility index (Phi) is 5.07. The lowest BCUT2D eigenvalue weighted by Crippen LogP contribution is -2.31. The fraction of sp³-hybridized carbons (Fsp3) is 0.312. The summed E-state index contributed by atoms with van der Waals surface area (Å²) in [6.07, 6.45) is 4.51. The molecule has 0 radical (unpaired) electrons. The van der Waals surface area contributed by atoms with Crippen molar-refractivity contribution in [2.75, 3.05) is 11.9 Å². The van der Waals surface area contributed by atoms with E-state index in [1.807, 2.05) is 31.2 Å². The van der Waals surface area contributed by atoms with Crippen LogP contribution in [0.2, 0.25) is 0 Å². The van der Waals surface area contributed by atoms with Gasteiger partial charge in [0.2, 0.25) is 0 Å². The van der Waals surface area contributed by atoms with Gasteiger partial charge in [-0.05, 0) is 65.8 Å². The van der Waals surface area contributed by atoms with Crippen molar-refractivity contribution in [3.63, 3.8) is 0 Å². The largest absolute Gasteiger partial charge is 0.492 e. The average molecular weight is 393 g/mol. The molecule has 1 aliphatic rings. The Bertz CT molecular complexity index is 712. The highest BCUT2D eigenvalue weighted by Gasteiger charge is 2.41. The number of anilines is 1. The number of hydrogen-bond acceptors (Lipinski definition) is 4. The van der Waals surface area contributed by atoms with Crippen molar-refractivity contribution in [2.24, 2.45) is 0 Å². The van der Waals surface area contributed by atoms with Crippen LogP contribution in [0.3, 0.4) is 0 Å². The Morgan fingerprint density at radius 2 is 2.13 bits per heavy atom. The Morgan fingerprint density at radius 1 is 1.35 bits per heavy atom. The van der Waals surface area contributed by atoms with E-state index in [0.717, 1.165) is 22.3 Å². The van der Waals surface area contributed by atoms with Gasteiger partial charge in [0.25, 0.3) is 0 Å². The maximum Gasteiger partial charge on any atom is 0.172 e. The molecule has 1 aliphatic carbocycles. The van der Waals surface area contributed by atoms with E-state index in [2.05, 4.69) is 36.5 Å². The van der Waals surface area contributed by atoms with Crippen LogP contribution in [-0.2, 0) is 0 Å². The molecule has 5 nitrogen and oxygen atoms in total. The van der Waals surface area contributed by atoms with E-state index >= 15 is 0 Å². The van der Waals surface area contributed by atoms with Crippen LogP contribution in [0.15, 0.2) is 41.1 Å². The Labute approximate surface area is 149 Å². The number of pyridine rings is 2. The predicted octanol–water partition coefficient (Wildman–Crippen LogP) is 3.48. The first-order valence-electron chi connectivity index (χ1n) is 7.44. The van der Waals surface area contributed by atoms with E-state index < -0.39 is 0 Å². The number of halogens is 1. The third-order valence-corrected chi connectivity index (χ3v) is 4.41. The molecule has 0 amide bonds. The molecule has 23 heavy (non-hydrogen) atoms. The zero-order valence-electron chi connectivity index (χ0n) is 12.6. The summed E-state index contributed by atoms with van der Waals surface area (Å²) in [5.74, 6) is 1.88. The smallest absolute Gasteiger partial charge is 0.172 e. The highest BCUT2D eigenvalue weighted by molar-refractivity contribution is 9.10. The molecule has 3 rings (SSSR count). The molecule has 2 aromatic heterocycles. The third-order valence-electron chi connectivity index (χ3n) is 3.55. The van der Waals surface area contributed by atoms with E-state index in [1.54, 1.807) is 12.4 Å². The van der Waals surface area contributed by atoms with Gasteiger partial charge in [-0.25, -0.2) is 4.98 Å². The summed E-state index contributed by atoms with van der Waals surface area (Å²) in [4.78, 5) is 8.71. The summed E-state index contributed by atoms with van der Waals surface area (Å²) in [6.45, 7) is 2.61. The van der Waals surface area contributed by atoms with Gasteiger partial charge in [-0.15, -0.1) is 0 Å². The molecule has 0 bridgehead atoms. The minimum absolute atomic E-state index is 0.270. The summed E-state index contributed by atoms with van der Waals surface area (Å²) >= 11 is 8.81. The number of rotatable bonds is 5. The van der Waals surface area contributed by atoms with Crippen molar-refractivity contribution in [1.82, 2.24) is 15.3 Å². The van der Waals surface area contributed by atoms with Gasteiger partial charge in [0.15, 0.2) is 5.11 Å². The van der Waals surface area contributed by atoms with E-state index in [9.17, 15) is 0 Å². The number of thiocarbonyl (C=S) groups is 1. The lowest BCUT2D eigenvalue weighted by Gasteiger charge is -2.12. The summed E-state index contributed by atoms with van der Waals surface area (Å²) in [5.41, 5.74) is 0.994. The quantitative estimate of drug-likeness (QED) is 0.759. The van der Waals surface area contributed by atoms with Gasteiger partial charge in [-0.3, -0.25) is 4.98 Å². The van der Waals surface area contributed by atoms with Gasteiger partial charge in [0, 0.05) is 24.4 Å². The summed E-state index contributed by atoms with van der Waals surface area (Å²) in [7, 11) is 0. The van der Waals surface area contributed by atoms with Gasteiger partial charge < -0.3 is 15.4 Å². The molecule has 2 heterocycles. The molecule has 7 heteroatoms. The topological polar surface area (TPSA) is 59.1 Å². The SMILES string of the molecule is CCOc1cccnc1C1CC1NC(=S)Nc1ncccc1Br. The van der Waals surface area contributed by atoms with Crippen molar-refractivity contribution in [3.8, 4) is 5.75 Å². The van der Waals surface area contributed by atoms with Crippen LogP contribution in [-0.4, -0.2) is 27.7 Å². The summed E-state index contributed by atoms with van der Waals surface area (Å²) in [6, 6.07) is 7.90. The molecule has 0 aliphatic heterocycles. The fourth-order valence-corrected chi connectivity index (χ4v) is 3.01. The third kappa shape index (κ3) is 3.97. The maximum absolute atomic E-state index is 5.65.